The van der Waals surface area contributed by atoms with Crippen molar-refractivity contribution in [2.75, 3.05) is 5.32 Å². The monoisotopic (exact) mass is 177 g/mol. The molecule has 0 aromatic heterocycles. The van der Waals surface area contributed by atoms with Gasteiger partial charge in [-0.15, -0.1) is 0 Å². The summed E-state index contributed by atoms with van der Waals surface area (Å²) in [6.07, 6.45) is 0. The third kappa shape index (κ3) is 3.10. The van der Waals surface area contributed by atoms with Gasteiger partial charge in [0.05, 0.1) is 0 Å². The SMILES string of the molecule is Cc1ccc(NC(C)(C)C)c(C)c1. The quantitative estimate of drug-likeness (QED) is 0.692. The van der Waals surface area contributed by atoms with E-state index in [9.17, 15) is 0 Å². The average molecular weight is 177 g/mol. The van der Waals surface area contributed by atoms with Crippen molar-refractivity contribution in [2.45, 2.75) is 40.2 Å². The van der Waals surface area contributed by atoms with Crippen LogP contribution in [0.2, 0.25) is 0 Å². The smallest absolute Gasteiger partial charge is 0.0374 e. The molecule has 1 heteroatoms. The van der Waals surface area contributed by atoms with Crippen LogP contribution in [0, 0.1) is 13.8 Å². The summed E-state index contributed by atoms with van der Waals surface area (Å²) >= 11 is 0. The van der Waals surface area contributed by atoms with E-state index in [4.69, 9.17) is 0 Å². The minimum absolute atomic E-state index is 0.139. The fourth-order valence-corrected chi connectivity index (χ4v) is 1.36. The molecule has 0 aliphatic heterocycles. The summed E-state index contributed by atoms with van der Waals surface area (Å²) in [6, 6.07) is 6.49. The van der Waals surface area contributed by atoms with Crippen LogP contribution in [0.1, 0.15) is 31.9 Å². The maximum atomic E-state index is 3.48. The van der Waals surface area contributed by atoms with Gasteiger partial charge in [-0.3, -0.25) is 0 Å². The Morgan fingerprint density at radius 1 is 1.08 bits per heavy atom. The van der Waals surface area contributed by atoms with Crippen LogP contribution < -0.4 is 5.32 Å². The van der Waals surface area contributed by atoms with Gasteiger partial charge in [0.2, 0.25) is 0 Å². The normalized spacial score (nSPS) is 11.5. The third-order valence-electron chi connectivity index (χ3n) is 1.89. The van der Waals surface area contributed by atoms with Gasteiger partial charge in [-0.25, -0.2) is 0 Å². The second-order valence-corrected chi connectivity index (χ2v) is 4.69. The van der Waals surface area contributed by atoms with Crippen LogP contribution in [-0.2, 0) is 0 Å². The molecule has 0 atom stereocenters. The van der Waals surface area contributed by atoms with E-state index < -0.39 is 0 Å². The van der Waals surface area contributed by atoms with Gasteiger partial charge in [-0.1, -0.05) is 17.7 Å². The van der Waals surface area contributed by atoms with Crippen molar-refractivity contribution in [2.24, 2.45) is 0 Å². The van der Waals surface area contributed by atoms with Crippen molar-refractivity contribution in [1.29, 1.82) is 0 Å². The number of anilines is 1. The van der Waals surface area contributed by atoms with Gasteiger partial charge in [0.15, 0.2) is 0 Å². The first-order valence-electron chi connectivity index (χ1n) is 4.74. The van der Waals surface area contributed by atoms with Crippen molar-refractivity contribution in [3.8, 4) is 0 Å². The summed E-state index contributed by atoms with van der Waals surface area (Å²) in [5.74, 6) is 0. The highest BCUT2D eigenvalue weighted by Crippen LogP contribution is 2.19. The fourth-order valence-electron chi connectivity index (χ4n) is 1.36. The van der Waals surface area contributed by atoms with Crippen LogP contribution in [0.25, 0.3) is 0 Å². The fraction of sp³-hybridized carbons (Fsp3) is 0.500. The summed E-state index contributed by atoms with van der Waals surface area (Å²) in [5.41, 5.74) is 4.00. The van der Waals surface area contributed by atoms with Gasteiger partial charge in [0.1, 0.15) is 0 Å². The first-order valence-corrected chi connectivity index (χ1v) is 4.74. The van der Waals surface area contributed by atoms with Gasteiger partial charge in [-0.05, 0) is 46.2 Å². The van der Waals surface area contributed by atoms with E-state index in [1.54, 1.807) is 0 Å². The van der Waals surface area contributed by atoms with E-state index in [-0.39, 0.29) is 5.54 Å². The lowest BCUT2D eigenvalue weighted by Crippen LogP contribution is -2.26. The second kappa shape index (κ2) is 3.41. The number of rotatable bonds is 1. The molecule has 1 rings (SSSR count). The molecule has 0 spiro atoms. The number of benzene rings is 1. The largest absolute Gasteiger partial charge is 0.380 e. The molecule has 0 fully saturated rings. The molecular weight excluding hydrogens is 158 g/mol. The van der Waals surface area contributed by atoms with E-state index in [1.165, 1.54) is 16.8 Å². The summed E-state index contributed by atoms with van der Waals surface area (Å²) in [4.78, 5) is 0. The van der Waals surface area contributed by atoms with E-state index in [2.05, 4.69) is 58.1 Å². The lowest BCUT2D eigenvalue weighted by atomic mass is 10.1. The van der Waals surface area contributed by atoms with Crippen molar-refractivity contribution in [1.82, 2.24) is 0 Å². The van der Waals surface area contributed by atoms with Crippen LogP contribution in [0.15, 0.2) is 18.2 Å². The summed E-state index contributed by atoms with van der Waals surface area (Å²) in [7, 11) is 0. The first kappa shape index (κ1) is 10.1. The topological polar surface area (TPSA) is 12.0 Å². The maximum Gasteiger partial charge on any atom is 0.0374 e. The molecule has 1 N–H and O–H groups in total. The highest BCUT2D eigenvalue weighted by atomic mass is 14.9. The Balaban J connectivity index is 2.90. The van der Waals surface area contributed by atoms with Crippen molar-refractivity contribution in [3.63, 3.8) is 0 Å². The minimum Gasteiger partial charge on any atom is -0.380 e. The molecule has 0 saturated heterocycles. The molecule has 1 nitrogen and oxygen atoms in total. The predicted molar refractivity (Wildman–Crippen MR) is 59.3 cm³/mol. The van der Waals surface area contributed by atoms with Gasteiger partial charge < -0.3 is 5.32 Å². The second-order valence-electron chi connectivity index (χ2n) is 4.69. The standard InChI is InChI=1S/C12H19N/c1-9-6-7-11(10(2)8-9)13-12(3,4)5/h6-8,13H,1-5H3. The highest BCUT2D eigenvalue weighted by molar-refractivity contribution is 5.53. The van der Waals surface area contributed by atoms with Crippen LogP contribution in [0.3, 0.4) is 0 Å². The van der Waals surface area contributed by atoms with E-state index in [0.717, 1.165) is 0 Å². The summed E-state index contributed by atoms with van der Waals surface area (Å²) in [5, 5.41) is 3.48. The first-order chi connectivity index (χ1) is 5.88. The van der Waals surface area contributed by atoms with Crippen molar-refractivity contribution in [3.05, 3.63) is 29.3 Å². The Labute approximate surface area is 81.2 Å². The Kier molecular flexibility index (Phi) is 2.65. The predicted octanol–water partition coefficient (Wildman–Crippen LogP) is 3.51. The van der Waals surface area contributed by atoms with Gasteiger partial charge in [-0.2, -0.15) is 0 Å². The zero-order valence-corrected chi connectivity index (χ0v) is 9.23. The Hall–Kier alpha value is -0.980. The van der Waals surface area contributed by atoms with E-state index in [1.807, 2.05) is 0 Å². The maximum absolute atomic E-state index is 3.48. The molecule has 0 aliphatic rings. The van der Waals surface area contributed by atoms with Crippen LogP contribution in [-0.4, -0.2) is 5.54 Å². The highest BCUT2D eigenvalue weighted by Gasteiger charge is 2.10. The third-order valence-corrected chi connectivity index (χ3v) is 1.89. The number of hydrogen-bond acceptors (Lipinski definition) is 1. The molecule has 0 heterocycles. The molecule has 13 heavy (non-hydrogen) atoms. The molecule has 1 aromatic rings. The lowest BCUT2D eigenvalue weighted by molar-refractivity contribution is 0.633. The molecule has 0 amide bonds. The lowest BCUT2D eigenvalue weighted by Gasteiger charge is -2.23. The Bertz CT molecular complexity index is 294. The van der Waals surface area contributed by atoms with E-state index >= 15 is 0 Å². The number of aryl methyl sites for hydroxylation is 2. The molecule has 0 unspecified atom stereocenters. The Morgan fingerprint density at radius 3 is 2.15 bits per heavy atom. The summed E-state index contributed by atoms with van der Waals surface area (Å²) in [6.45, 7) is 10.8. The van der Waals surface area contributed by atoms with Crippen molar-refractivity contribution < 1.29 is 0 Å². The molecule has 0 saturated carbocycles. The molecule has 0 bridgehead atoms. The zero-order valence-electron chi connectivity index (χ0n) is 9.23. The molecule has 72 valence electrons. The van der Waals surface area contributed by atoms with Crippen molar-refractivity contribution >= 4 is 5.69 Å². The van der Waals surface area contributed by atoms with Gasteiger partial charge in [0.25, 0.3) is 0 Å². The van der Waals surface area contributed by atoms with Crippen LogP contribution in [0.5, 0.6) is 0 Å². The molecular formula is C12H19N. The molecule has 0 aliphatic carbocycles. The summed E-state index contributed by atoms with van der Waals surface area (Å²) < 4.78 is 0. The number of nitrogens with one attached hydrogen (secondary N) is 1. The molecule has 1 aromatic carbocycles. The Morgan fingerprint density at radius 2 is 1.69 bits per heavy atom. The van der Waals surface area contributed by atoms with Crippen LogP contribution in [0.4, 0.5) is 5.69 Å². The average Bonchev–Trinajstić information content (AvgIpc) is 1.93. The zero-order chi connectivity index (χ0) is 10.1. The van der Waals surface area contributed by atoms with Crippen LogP contribution >= 0.6 is 0 Å². The number of hydrogen-bond donors (Lipinski definition) is 1. The van der Waals surface area contributed by atoms with E-state index in [0.29, 0.717) is 0 Å². The van der Waals surface area contributed by atoms with Gasteiger partial charge in [0, 0.05) is 11.2 Å². The minimum atomic E-state index is 0.139. The van der Waals surface area contributed by atoms with Gasteiger partial charge >= 0.3 is 0 Å². The molecule has 0 radical (unpaired) electrons.